The van der Waals surface area contributed by atoms with E-state index < -0.39 is 0 Å². The fourth-order valence-electron chi connectivity index (χ4n) is 1.86. The standard InChI is InChI=1S/C13H17NO3/c1-16-12-4-2-11(3-5-12)13(15)17-9-10-6-7-14-8-10/h2-5,10,14H,6-9H2,1H3/t10-/m0/s1. The zero-order valence-electron chi connectivity index (χ0n) is 9.94. The monoisotopic (exact) mass is 235 g/mol. The predicted molar refractivity (Wildman–Crippen MR) is 64.3 cm³/mol. The van der Waals surface area contributed by atoms with E-state index in [1.807, 2.05) is 0 Å². The summed E-state index contributed by atoms with van der Waals surface area (Å²) in [6, 6.07) is 6.95. The number of hydrogen-bond donors (Lipinski definition) is 1. The van der Waals surface area contributed by atoms with Crippen molar-refractivity contribution >= 4 is 5.97 Å². The predicted octanol–water partition coefficient (Wildman–Crippen LogP) is 1.46. The summed E-state index contributed by atoms with van der Waals surface area (Å²) in [4.78, 5) is 11.7. The van der Waals surface area contributed by atoms with Crippen molar-refractivity contribution in [1.29, 1.82) is 0 Å². The van der Waals surface area contributed by atoms with Gasteiger partial charge in [0.25, 0.3) is 0 Å². The molecular weight excluding hydrogens is 218 g/mol. The number of nitrogens with one attached hydrogen (secondary N) is 1. The maximum atomic E-state index is 11.7. The Balaban J connectivity index is 1.85. The highest BCUT2D eigenvalue weighted by molar-refractivity contribution is 5.89. The van der Waals surface area contributed by atoms with E-state index >= 15 is 0 Å². The quantitative estimate of drug-likeness (QED) is 0.803. The SMILES string of the molecule is COc1ccc(C(=O)OC[C@H]2CCNC2)cc1. The van der Waals surface area contributed by atoms with Gasteiger partial charge in [0.15, 0.2) is 0 Å². The van der Waals surface area contributed by atoms with Gasteiger partial charge in [-0.2, -0.15) is 0 Å². The molecule has 4 nitrogen and oxygen atoms in total. The van der Waals surface area contributed by atoms with Crippen LogP contribution in [0.5, 0.6) is 5.75 Å². The Labute approximate surface area is 101 Å². The van der Waals surface area contributed by atoms with Crippen LogP contribution in [0.2, 0.25) is 0 Å². The van der Waals surface area contributed by atoms with E-state index in [4.69, 9.17) is 9.47 Å². The van der Waals surface area contributed by atoms with Gasteiger partial charge in [-0.3, -0.25) is 0 Å². The number of rotatable bonds is 4. The molecule has 0 spiro atoms. The largest absolute Gasteiger partial charge is 0.497 e. The average Bonchev–Trinajstić information content (AvgIpc) is 2.89. The number of hydrogen-bond acceptors (Lipinski definition) is 4. The molecule has 0 aromatic heterocycles. The molecule has 1 heterocycles. The summed E-state index contributed by atoms with van der Waals surface area (Å²) in [5, 5.41) is 3.24. The number of methoxy groups -OCH3 is 1. The molecule has 1 N–H and O–H groups in total. The summed E-state index contributed by atoms with van der Waals surface area (Å²) in [6.45, 7) is 2.46. The Bertz CT molecular complexity index is 369. The van der Waals surface area contributed by atoms with E-state index in [2.05, 4.69) is 5.32 Å². The molecular formula is C13H17NO3. The van der Waals surface area contributed by atoms with Crippen LogP contribution in [0.25, 0.3) is 0 Å². The van der Waals surface area contributed by atoms with E-state index in [0.29, 0.717) is 18.1 Å². The molecule has 17 heavy (non-hydrogen) atoms. The van der Waals surface area contributed by atoms with Crippen molar-refractivity contribution in [3.8, 4) is 5.75 Å². The molecule has 1 fully saturated rings. The van der Waals surface area contributed by atoms with E-state index in [1.165, 1.54) is 0 Å². The third-order valence-corrected chi connectivity index (χ3v) is 2.94. The average molecular weight is 235 g/mol. The van der Waals surface area contributed by atoms with Crippen molar-refractivity contribution in [2.24, 2.45) is 5.92 Å². The summed E-state index contributed by atoms with van der Waals surface area (Å²) in [6.07, 6.45) is 1.08. The van der Waals surface area contributed by atoms with Gasteiger partial charge >= 0.3 is 5.97 Å². The van der Waals surface area contributed by atoms with Crippen molar-refractivity contribution in [1.82, 2.24) is 5.32 Å². The van der Waals surface area contributed by atoms with Crippen LogP contribution >= 0.6 is 0 Å². The van der Waals surface area contributed by atoms with Crippen LogP contribution in [-0.4, -0.2) is 32.8 Å². The number of carbonyl (C=O) groups excluding carboxylic acids is 1. The van der Waals surface area contributed by atoms with E-state index in [1.54, 1.807) is 31.4 Å². The first-order chi connectivity index (χ1) is 8.29. The van der Waals surface area contributed by atoms with Crippen LogP contribution in [0.1, 0.15) is 16.8 Å². The number of carbonyl (C=O) groups is 1. The molecule has 92 valence electrons. The molecule has 1 aromatic rings. The maximum Gasteiger partial charge on any atom is 0.338 e. The van der Waals surface area contributed by atoms with Crippen LogP contribution in [0.3, 0.4) is 0 Å². The lowest BCUT2D eigenvalue weighted by molar-refractivity contribution is 0.0450. The number of ether oxygens (including phenoxy) is 2. The third-order valence-electron chi connectivity index (χ3n) is 2.94. The van der Waals surface area contributed by atoms with Crippen LogP contribution in [0, 0.1) is 5.92 Å². The van der Waals surface area contributed by atoms with Crippen LogP contribution < -0.4 is 10.1 Å². The highest BCUT2D eigenvalue weighted by Gasteiger charge is 2.17. The van der Waals surface area contributed by atoms with Gasteiger partial charge in [0.05, 0.1) is 19.3 Å². The molecule has 4 heteroatoms. The van der Waals surface area contributed by atoms with Crippen molar-refractivity contribution in [3.05, 3.63) is 29.8 Å². The Hall–Kier alpha value is -1.55. The van der Waals surface area contributed by atoms with E-state index in [9.17, 15) is 4.79 Å². The lowest BCUT2D eigenvalue weighted by atomic mass is 10.1. The van der Waals surface area contributed by atoms with Crippen LogP contribution in [0.15, 0.2) is 24.3 Å². The highest BCUT2D eigenvalue weighted by Crippen LogP contribution is 2.13. The molecule has 1 aliphatic rings. The van der Waals surface area contributed by atoms with Gasteiger partial charge in [-0.1, -0.05) is 0 Å². The highest BCUT2D eigenvalue weighted by atomic mass is 16.5. The smallest absolute Gasteiger partial charge is 0.338 e. The van der Waals surface area contributed by atoms with Gasteiger partial charge in [0.2, 0.25) is 0 Å². The van der Waals surface area contributed by atoms with Gasteiger partial charge in [0.1, 0.15) is 5.75 Å². The molecule has 0 bridgehead atoms. The molecule has 1 aliphatic heterocycles. The molecule has 0 radical (unpaired) electrons. The minimum Gasteiger partial charge on any atom is -0.497 e. The van der Waals surface area contributed by atoms with Crippen molar-refractivity contribution < 1.29 is 14.3 Å². The zero-order chi connectivity index (χ0) is 12.1. The normalized spacial score (nSPS) is 19.0. The molecule has 1 aromatic carbocycles. The summed E-state index contributed by atoms with van der Waals surface area (Å²) < 4.78 is 10.3. The van der Waals surface area contributed by atoms with Gasteiger partial charge in [-0.05, 0) is 37.2 Å². The summed E-state index contributed by atoms with van der Waals surface area (Å²) >= 11 is 0. The lowest BCUT2D eigenvalue weighted by Gasteiger charge is -2.09. The Kier molecular flexibility index (Phi) is 3.98. The number of benzene rings is 1. The molecule has 0 aliphatic carbocycles. The summed E-state index contributed by atoms with van der Waals surface area (Å²) in [5.74, 6) is 0.929. The van der Waals surface area contributed by atoms with Gasteiger partial charge in [-0.15, -0.1) is 0 Å². The van der Waals surface area contributed by atoms with Gasteiger partial charge in [0, 0.05) is 12.5 Å². The minimum absolute atomic E-state index is 0.264. The van der Waals surface area contributed by atoms with E-state index in [0.717, 1.165) is 25.3 Å². The molecule has 2 rings (SSSR count). The van der Waals surface area contributed by atoms with Crippen molar-refractivity contribution in [2.75, 3.05) is 26.8 Å². The fraction of sp³-hybridized carbons (Fsp3) is 0.462. The molecule has 0 amide bonds. The first-order valence-electron chi connectivity index (χ1n) is 5.81. The van der Waals surface area contributed by atoms with E-state index in [-0.39, 0.29) is 5.97 Å². The van der Waals surface area contributed by atoms with Gasteiger partial charge in [-0.25, -0.2) is 4.79 Å². The second-order valence-electron chi connectivity index (χ2n) is 4.19. The van der Waals surface area contributed by atoms with Crippen molar-refractivity contribution in [2.45, 2.75) is 6.42 Å². The summed E-state index contributed by atoms with van der Waals surface area (Å²) in [5.41, 5.74) is 0.566. The van der Waals surface area contributed by atoms with Crippen molar-refractivity contribution in [3.63, 3.8) is 0 Å². The third kappa shape index (κ3) is 3.20. The molecule has 1 atom stereocenters. The Morgan fingerprint density at radius 1 is 1.41 bits per heavy atom. The fourth-order valence-corrected chi connectivity index (χ4v) is 1.86. The molecule has 0 unspecified atom stereocenters. The van der Waals surface area contributed by atoms with Gasteiger partial charge < -0.3 is 14.8 Å². The lowest BCUT2D eigenvalue weighted by Crippen LogP contribution is -2.16. The second kappa shape index (κ2) is 5.68. The molecule has 0 saturated carbocycles. The first-order valence-corrected chi connectivity index (χ1v) is 5.81. The first kappa shape index (κ1) is 11.9. The number of esters is 1. The molecule has 1 saturated heterocycles. The Morgan fingerprint density at radius 3 is 2.76 bits per heavy atom. The topological polar surface area (TPSA) is 47.6 Å². The summed E-state index contributed by atoms with van der Waals surface area (Å²) in [7, 11) is 1.60. The minimum atomic E-state index is -0.264. The Morgan fingerprint density at radius 2 is 2.18 bits per heavy atom. The second-order valence-corrected chi connectivity index (χ2v) is 4.19. The van der Waals surface area contributed by atoms with Crippen LogP contribution in [0.4, 0.5) is 0 Å². The van der Waals surface area contributed by atoms with Crippen LogP contribution in [-0.2, 0) is 4.74 Å². The zero-order valence-corrected chi connectivity index (χ0v) is 9.94. The maximum absolute atomic E-state index is 11.7.